The number of hydrogen-bond acceptors (Lipinski definition) is 1. The van der Waals surface area contributed by atoms with Crippen molar-refractivity contribution in [2.75, 3.05) is 7.05 Å². The van der Waals surface area contributed by atoms with Crippen molar-refractivity contribution in [3.63, 3.8) is 0 Å². The molecule has 14 heavy (non-hydrogen) atoms. The van der Waals surface area contributed by atoms with E-state index in [0.29, 0.717) is 0 Å². The van der Waals surface area contributed by atoms with Gasteiger partial charge in [-0.05, 0) is 62.8 Å². The van der Waals surface area contributed by atoms with Gasteiger partial charge in [0.2, 0.25) is 0 Å². The third kappa shape index (κ3) is 1.50. The van der Waals surface area contributed by atoms with Gasteiger partial charge in [0.05, 0.1) is 0 Å². The van der Waals surface area contributed by atoms with Crippen molar-refractivity contribution in [2.45, 2.75) is 51.0 Å². The quantitative estimate of drug-likeness (QED) is 0.727. The maximum Gasteiger partial charge on any atom is 0.0121 e. The van der Waals surface area contributed by atoms with Gasteiger partial charge < -0.3 is 5.32 Å². The minimum Gasteiger partial charge on any atom is -0.316 e. The maximum absolute atomic E-state index is 3.63. The molecule has 3 rings (SSSR count). The van der Waals surface area contributed by atoms with Gasteiger partial charge >= 0.3 is 0 Å². The van der Waals surface area contributed by atoms with Crippen LogP contribution in [0.1, 0.15) is 44.9 Å². The molecule has 0 amide bonds. The fourth-order valence-corrected chi connectivity index (χ4v) is 4.23. The van der Waals surface area contributed by atoms with Crippen molar-refractivity contribution < 1.29 is 0 Å². The molecule has 1 nitrogen and oxygen atoms in total. The second-order valence-corrected chi connectivity index (χ2v) is 5.85. The predicted molar refractivity (Wildman–Crippen MR) is 59.1 cm³/mol. The highest BCUT2D eigenvalue weighted by Gasteiger charge is 2.48. The molecule has 0 heterocycles. The van der Waals surface area contributed by atoms with Crippen LogP contribution in [0.3, 0.4) is 0 Å². The lowest BCUT2D eigenvalue weighted by Gasteiger charge is -2.29. The van der Waals surface area contributed by atoms with E-state index in [9.17, 15) is 0 Å². The molecule has 0 saturated heterocycles. The van der Waals surface area contributed by atoms with Crippen molar-refractivity contribution >= 4 is 0 Å². The van der Waals surface area contributed by atoms with E-state index in [4.69, 9.17) is 0 Å². The summed E-state index contributed by atoms with van der Waals surface area (Å²) in [6.07, 6.45) is 10.6. The number of fused-ring (bicyclic) bond motifs is 1. The van der Waals surface area contributed by atoms with Crippen LogP contribution in [0.5, 0.6) is 0 Å². The zero-order chi connectivity index (χ0) is 9.54. The Bertz CT molecular complexity index is 197. The Balaban J connectivity index is 1.61. The normalized spacial score (nSPS) is 43.9. The highest BCUT2D eigenvalue weighted by atomic mass is 14.9. The van der Waals surface area contributed by atoms with Gasteiger partial charge in [-0.3, -0.25) is 0 Å². The van der Waals surface area contributed by atoms with Gasteiger partial charge in [0.15, 0.2) is 0 Å². The molecule has 0 aliphatic heterocycles. The summed E-state index contributed by atoms with van der Waals surface area (Å²) in [5.41, 5.74) is 0. The first kappa shape index (κ1) is 9.21. The Labute approximate surface area is 87.7 Å². The lowest BCUT2D eigenvalue weighted by atomic mass is 9.84. The Morgan fingerprint density at radius 3 is 2.14 bits per heavy atom. The van der Waals surface area contributed by atoms with Gasteiger partial charge in [-0.2, -0.15) is 0 Å². The minimum atomic E-state index is 0.866. The summed E-state index contributed by atoms with van der Waals surface area (Å²) >= 11 is 0. The Morgan fingerprint density at radius 1 is 0.929 bits per heavy atom. The molecule has 3 saturated carbocycles. The van der Waals surface area contributed by atoms with Gasteiger partial charge in [-0.1, -0.05) is 12.8 Å². The molecule has 1 N–H and O–H groups in total. The topological polar surface area (TPSA) is 12.0 Å². The Hall–Kier alpha value is -0.0400. The third-order valence-corrected chi connectivity index (χ3v) is 5.03. The van der Waals surface area contributed by atoms with Crippen LogP contribution >= 0.6 is 0 Å². The van der Waals surface area contributed by atoms with Crippen LogP contribution in [0.4, 0.5) is 0 Å². The molecule has 0 bridgehead atoms. The Morgan fingerprint density at radius 2 is 1.57 bits per heavy atom. The van der Waals surface area contributed by atoms with E-state index in [1.807, 2.05) is 0 Å². The monoisotopic (exact) mass is 193 g/mol. The number of rotatable bonds is 3. The first-order chi connectivity index (χ1) is 6.88. The molecule has 80 valence electrons. The van der Waals surface area contributed by atoms with Crippen LogP contribution in [-0.4, -0.2) is 13.1 Å². The molecule has 0 spiro atoms. The minimum absolute atomic E-state index is 0.866. The summed E-state index contributed by atoms with van der Waals surface area (Å²) in [7, 11) is 2.19. The molecule has 0 aromatic rings. The van der Waals surface area contributed by atoms with Gasteiger partial charge in [0.1, 0.15) is 0 Å². The maximum atomic E-state index is 3.63. The van der Waals surface area contributed by atoms with Gasteiger partial charge in [0, 0.05) is 6.04 Å². The van der Waals surface area contributed by atoms with E-state index in [1.54, 1.807) is 19.3 Å². The van der Waals surface area contributed by atoms with Gasteiger partial charge in [0.25, 0.3) is 0 Å². The third-order valence-electron chi connectivity index (χ3n) is 5.03. The van der Waals surface area contributed by atoms with E-state index >= 15 is 0 Å². The molecule has 3 unspecified atom stereocenters. The van der Waals surface area contributed by atoms with Crippen molar-refractivity contribution in [3.8, 4) is 0 Å². The van der Waals surface area contributed by atoms with Crippen LogP contribution < -0.4 is 5.32 Å². The first-order valence-electron chi connectivity index (χ1n) is 6.55. The lowest BCUT2D eigenvalue weighted by molar-refractivity contribution is 0.260. The highest BCUT2D eigenvalue weighted by Crippen LogP contribution is 2.56. The summed E-state index contributed by atoms with van der Waals surface area (Å²) in [6, 6.07) is 0.866. The fraction of sp³-hybridized carbons (Fsp3) is 1.00. The molecule has 1 heteroatoms. The molecule has 3 atom stereocenters. The first-order valence-corrected chi connectivity index (χ1v) is 6.55. The molecule has 3 aliphatic rings. The summed E-state index contributed by atoms with van der Waals surface area (Å²) in [6.45, 7) is 0. The van der Waals surface area contributed by atoms with Crippen molar-refractivity contribution in [2.24, 2.45) is 23.7 Å². The molecule has 0 aromatic carbocycles. The zero-order valence-corrected chi connectivity index (χ0v) is 9.34. The second-order valence-electron chi connectivity index (χ2n) is 5.85. The number of nitrogens with one attached hydrogen (secondary N) is 1. The summed E-state index contributed by atoms with van der Waals surface area (Å²) < 4.78 is 0. The predicted octanol–water partition coefficient (Wildman–Crippen LogP) is 2.81. The van der Waals surface area contributed by atoms with E-state index in [1.165, 1.54) is 25.7 Å². The molecule has 0 radical (unpaired) electrons. The van der Waals surface area contributed by atoms with Crippen LogP contribution in [0.2, 0.25) is 0 Å². The molecule has 3 fully saturated rings. The summed E-state index contributed by atoms with van der Waals surface area (Å²) in [4.78, 5) is 0. The average molecular weight is 193 g/mol. The van der Waals surface area contributed by atoms with E-state index in [-0.39, 0.29) is 0 Å². The summed E-state index contributed by atoms with van der Waals surface area (Å²) in [5, 5.41) is 3.63. The molecule has 3 aliphatic carbocycles. The van der Waals surface area contributed by atoms with Crippen molar-refractivity contribution in [1.29, 1.82) is 0 Å². The zero-order valence-electron chi connectivity index (χ0n) is 9.34. The Kier molecular flexibility index (Phi) is 2.31. The fourth-order valence-electron chi connectivity index (χ4n) is 4.23. The standard InChI is InChI=1S/C13H23N/c1-14-13(9-4-2-3-5-9)12-7-10-6-11(10)8-12/h9-14H,2-8H2,1H3. The van der Waals surface area contributed by atoms with Crippen LogP contribution in [0.25, 0.3) is 0 Å². The highest BCUT2D eigenvalue weighted by molar-refractivity contribution is 5.00. The van der Waals surface area contributed by atoms with Gasteiger partial charge in [-0.25, -0.2) is 0 Å². The summed E-state index contributed by atoms with van der Waals surface area (Å²) in [5.74, 6) is 4.35. The number of hydrogen-bond donors (Lipinski definition) is 1. The van der Waals surface area contributed by atoms with E-state index in [0.717, 1.165) is 29.7 Å². The molecular formula is C13H23N. The van der Waals surface area contributed by atoms with Crippen molar-refractivity contribution in [1.82, 2.24) is 5.32 Å². The van der Waals surface area contributed by atoms with Gasteiger partial charge in [-0.15, -0.1) is 0 Å². The molecular weight excluding hydrogens is 170 g/mol. The SMILES string of the molecule is CNC(C1CCCC1)C1CC2CC2C1. The van der Waals surface area contributed by atoms with Crippen LogP contribution in [-0.2, 0) is 0 Å². The van der Waals surface area contributed by atoms with Crippen LogP contribution in [0, 0.1) is 23.7 Å². The molecule has 0 aromatic heterocycles. The average Bonchev–Trinajstić information content (AvgIpc) is 2.70. The van der Waals surface area contributed by atoms with Crippen LogP contribution in [0.15, 0.2) is 0 Å². The second kappa shape index (κ2) is 3.52. The van der Waals surface area contributed by atoms with E-state index in [2.05, 4.69) is 12.4 Å². The smallest absolute Gasteiger partial charge is 0.0121 e. The largest absolute Gasteiger partial charge is 0.316 e. The van der Waals surface area contributed by atoms with Crippen molar-refractivity contribution in [3.05, 3.63) is 0 Å². The van der Waals surface area contributed by atoms with E-state index < -0.39 is 0 Å². The lowest BCUT2D eigenvalue weighted by Crippen LogP contribution is -2.38.